The Morgan fingerprint density at radius 2 is 1.96 bits per heavy atom. The van der Waals surface area contributed by atoms with Gasteiger partial charge in [0, 0.05) is 19.5 Å². The standard InChI is InChI=1S/C14H20N8OS/c1-2-11-17-12(21-6-4-3-5-7-21)19-13(18-11)22-9-16-14(20-22)24-8-10(15)23/h9H,2-8H2,1H3,(H2,15,23). The SMILES string of the molecule is CCc1nc(N2CCCCC2)nc(-n2cnc(SCC(N)=O)n2)n1. The van der Waals surface area contributed by atoms with Crippen LogP contribution < -0.4 is 10.6 Å². The second-order valence-corrected chi connectivity index (χ2v) is 6.42. The number of nitrogens with zero attached hydrogens (tertiary/aromatic N) is 7. The molecule has 1 aliphatic heterocycles. The minimum absolute atomic E-state index is 0.139. The van der Waals surface area contributed by atoms with E-state index in [1.54, 1.807) is 0 Å². The highest BCUT2D eigenvalue weighted by Gasteiger charge is 2.17. The lowest BCUT2D eigenvalue weighted by molar-refractivity contribution is -0.115. The number of anilines is 1. The third-order valence-electron chi connectivity index (χ3n) is 3.63. The molecule has 0 atom stereocenters. The summed E-state index contributed by atoms with van der Waals surface area (Å²) in [6.07, 6.45) is 5.81. The van der Waals surface area contributed by atoms with Gasteiger partial charge in [-0.25, -0.2) is 4.98 Å². The Morgan fingerprint density at radius 1 is 1.21 bits per heavy atom. The monoisotopic (exact) mass is 348 g/mol. The van der Waals surface area contributed by atoms with Crippen molar-refractivity contribution in [2.24, 2.45) is 5.73 Å². The normalized spacial score (nSPS) is 14.8. The summed E-state index contributed by atoms with van der Waals surface area (Å²) in [6.45, 7) is 3.93. The largest absolute Gasteiger partial charge is 0.369 e. The Labute approximate surface area is 144 Å². The van der Waals surface area contributed by atoms with E-state index in [0.717, 1.165) is 31.8 Å². The third kappa shape index (κ3) is 3.99. The number of thioether (sulfide) groups is 1. The summed E-state index contributed by atoms with van der Waals surface area (Å²) in [6, 6.07) is 0. The molecule has 0 spiro atoms. The van der Waals surface area contributed by atoms with Crippen molar-refractivity contribution < 1.29 is 4.79 Å². The van der Waals surface area contributed by atoms with Gasteiger partial charge >= 0.3 is 0 Å². The molecule has 1 fully saturated rings. The molecule has 0 aliphatic carbocycles. The van der Waals surface area contributed by atoms with Crippen molar-refractivity contribution in [3.8, 4) is 5.95 Å². The van der Waals surface area contributed by atoms with Crippen molar-refractivity contribution in [3.63, 3.8) is 0 Å². The van der Waals surface area contributed by atoms with Crippen molar-refractivity contribution in [1.29, 1.82) is 0 Å². The third-order valence-corrected chi connectivity index (χ3v) is 4.51. The summed E-state index contributed by atoms with van der Waals surface area (Å²) in [5.74, 6) is 1.60. The predicted octanol–water partition coefficient (Wildman–Crippen LogP) is 0.582. The number of piperidine rings is 1. The number of nitrogens with two attached hydrogens (primary N) is 1. The van der Waals surface area contributed by atoms with Gasteiger partial charge in [-0.1, -0.05) is 18.7 Å². The average Bonchev–Trinajstić information content (AvgIpc) is 3.09. The first-order valence-corrected chi connectivity index (χ1v) is 8.97. The highest BCUT2D eigenvalue weighted by molar-refractivity contribution is 7.99. The first-order chi connectivity index (χ1) is 11.7. The Bertz CT molecular complexity index is 713. The maximum atomic E-state index is 10.9. The van der Waals surface area contributed by atoms with E-state index in [2.05, 4.69) is 29.9 Å². The van der Waals surface area contributed by atoms with Gasteiger partial charge in [-0.2, -0.15) is 19.6 Å². The van der Waals surface area contributed by atoms with Crippen LogP contribution in [0.4, 0.5) is 5.95 Å². The number of carbonyl (C=O) groups excluding carboxylic acids is 1. The summed E-state index contributed by atoms with van der Waals surface area (Å²) in [4.78, 5) is 30.7. The first kappa shape index (κ1) is 16.6. The minimum Gasteiger partial charge on any atom is -0.369 e. The van der Waals surface area contributed by atoms with Gasteiger partial charge in [0.15, 0.2) is 0 Å². The summed E-state index contributed by atoms with van der Waals surface area (Å²) in [7, 11) is 0. The quantitative estimate of drug-likeness (QED) is 0.754. The number of rotatable bonds is 6. The van der Waals surface area contributed by atoms with Crippen LogP contribution in [0.2, 0.25) is 0 Å². The number of primary amides is 1. The smallest absolute Gasteiger partial charge is 0.257 e. The van der Waals surface area contributed by atoms with E-state index in [9.17, 15) is 4.79 Å². The van der Waals surface area contributed by atoms with Gasteiger partial charge in [-0.15, -0.1) is 5.10 Å². The zero-order chi connectivity index (χ0) is 16.9. The maximum Gasteiger partial charge on any atom is 0.257 e. The van der Waals surface area contributed by atoms with Crippen LogP contribution >= 0.6 is 11.8 Å². The van der Waals surface area contributed by atoms with Crippen molar-refractivity contribution >= 4 is 23.6 Å². The molecular formula is C14H20N8OS. The van der Waals surface area contributed by atoms with Gasteiger partial charge in [0.1, 0.15) is 12.2 Å². The number of aromatic nitrogens is 6. The van der Waals surface area contributed by atoms with E-state index in [4.69, 9.17) is 5.73 Å². The maximum absolute atomic E-state index is 10.9. The molecule has 1 amide bonds. The Morgan fingerprint density at radius 3 is 2.67 bits per heavy atom. The van der Waals surface area contributed by atoms with Gasteiger partial charge in [-0.3, -0.25) is 4.79 Å². The summed E-state index contributed by atoms with van der Waals surface area (Å²) >= 11 is 1.19. The first-order valence-electron chi connectivity index (χ1n) is 7.98. The lowest BCUT2D eigenvalue weighted by atomic mass is 10.1. The average molecular weight is 348 g/mol. The van der Waals surface area contributed by atoms with Crippen molar-refractivity contribution in [2.75, 3.05) is 23.7 Å². The Kier molecular flexibility index (Phi) is 5.24. The van der Waals surface area contributed by atoms with Crippen LogP contribution in [0.25, 0.3) is 5.95 Å². The number of hydrogen-bond donors (Lipinski definition) is 1. The van der Waals surface area contributed by atoms with E-state index in [1.165, 1.54) is 29.2 Å². The highest BCUT2D eigenvalue weighted by Crippen LogP contribution is 2.18. The van der Waals surface area contributed by atoms with E-state index < -0.39 is 5.91 Å². The van der Waals surface area contributed by atoms with Crippen LogP contribution in [0.15, 0.2) is 11.5 Å². The van der Waals surface area contributed by atoms with Gasteiger partial charge < -0.3 is 10.6 Å². The molecule has 128 valence electrons. The van der Waals surface area contributed by atoms with E-state index in [0.29, 0.717) is 23.5 Å². The molecule has 0 radical (unpaired) electrons. The lowest BCUT2D eigenvalue weighted by Crippen LogP contribution is -2.31. The summed E-state index contributed by atoms with van der Waals surface area (Å²) in [5, 5.41) is 4.77. The van der Waals surface area contributed by atoms with Gasteiger partial charge in [-0.05, 0) is 19.3 Å². The molecular weight excluding hydrogens is 328 g/mol. The molecule has 1 aliphatic rings. The summed E-state index contributed by atoms with van der Waals surface area (Å²) in [5.41, 5.74) is 5.14. The molecule has 24 heavy (non-hydrogen) atoms. The summed E-state index contributed by atoms with van der Waals surface area (Å²) < 4.78 is 1.51. The van der Waals surface area contributed by atoms with Crippen LogP contribution in [0.3, 0.4) is 0 Å². The van der Waals surface area contributed by atoms with E-state index in [1.807, 2.05) is 6.92 Å². The molecule has 2 aromatic rings. The number of aryl methyl sites for hydroxylation is 1. The molecule has 9 nitrogen and oxygen atoms in total. The molecule has 0 unspecified atom stereocenters. The van der Waals surface area contributed by atoms with Crippen molar-refractivity contribution in [3.05, 3.63) is 12.2 Å². The minimum atomic E-state index is -0.405. The highest BCUT2D eigenvalue weighted by atomic mass is 32.2. The molecule has 3 heterocycles. The number of amides is 1. The van der Waals surface area contributed by atoms with Crippen LogP contribution in [0.5, 0.6) is 0 Å². The van der Waals surface area contributed by atoms with Gasteiger partial charge in [0.2, 0.25) is 17.0 Å². The van der Waals surface area contributed by atoms with Crippen molar-refractivity contribution in [1.82, 2.24) is 29.7 Å². The van der Waals surface area contributed by atoms with Gasteiger partial charge in [0.25, 0.3) is 5.95 Å². The second-order valence-electron chi connectivity index (χ2n) is 5.48. The second kappa shape index (κ2) is 7.56. The number of carbonyl (C=O) groups is 1. The molecule has 0 aromatic carbocycles. The molecule has 2 aromatic heterocycles. The fourth-order valence-electron chi connectivity index (χ4n) is 2.44. The molecule has 2 N–H and O–H groups in total. The van der Waals surface area contributed by atoms with Crippen LogP contribution in [-0.2, 0) is 11.2 Å². The van der Waals surface area contributed by atoms with Crippen molar-refractivity contribution in [2.45, 2.75) is 37.8 Å². The Hall–Kier alpha value is -2.23. The predicted molar refractivity (Wildman–Crippen MR) is 90.1 cm³/mol. The van der Waals surface area contributed by atoms with Crippen LogP contribution in [0, 0.1) is 0 Å². The zero-order valence-electron chi connectivity index (χ0n) is 13.6. The van der Waals surface area contributed by atoms with E-state index in [-0.39, 0.29) is 5.75 Å². The fourth-order valence-corrected chi connectivity index (χ4v) is 2.98. The molecule has 10 heteroatoms. The van der Waals surface area contributed by atoms with Crippen LogP contribution in [-0.4, -0.2) is 54.5 Å². The number of hydrogen-bond acceptors (Lipinski definition) is 8. The Balaban J connectivity index is 1.85. The molecule has 3 rings (SSSR count). The van der Waals surface area contributed by atoms with E-state index >= 15 is 0 Å². The van der Waals surface area contributed by atoms with Gasteiger partial charge in [0.05, 0.1) is 5.75 Å². The molecule has 0 saturated carbocycles. The fraction of sp³-hybridized carbons (Fsp3) is 0.571. The van der Waals surface area contributed by atoms with Crippen LogP contribution in [0.1, 0.15) is 32.0 Å². The lowest BCUT2D eigenvalue weighted by Gasteiger charge is -2.26. The topological polar surface area (TPSA) is 116 Å². The zero-order valence-corrected chi connectivity index (χ0v) is 14.4. The molecule has 1 saturated heterocycles. The molecule has 0 bridgehead atoms.